The number of aromatic nitrogens is 2. The molecule has 226 valence electrons. The number of nitrogens with one attached hydrogen (secondary N) is 2. The molecule has 3 N–H and O–H groups in total. The highest BCUT2D eigenvalue weighted by Crippen LogP contribution is 2.31. The van der Waals surface area contributed by atoms with E-state index in [2.05, 4.69) is 25.7 Å². The molecule has 1 aliphatic heterocycles. The second kappa shape index (κ2) is 15.4. The zero-order valence-corrected chi connectivity index (χ0v) is 24.4. The summed E-state index contributed by atoms with van der Waals surface area (Å²) in [4.78, 5) is 31.9. The predicted molar refractivity (Wildman–Crippen MR) is 154 cm³/mol. The lowest BCUT2D eigenvalue weighted by molar-refractivity contribution is -0.212. The molecule has 41 heavy (non-hydrogen) atoms. The van der Waals surface area contributed by atoms with Crippen LogP contribution in [0.4, 0.5) is 16.0 Å². The van der Waals surface area contributed by atoms with Gasteiger partial charge in [0, 0.05) is 33.3 Å². The van der Waals surface area contributed by atoms with Crippen LogP contribution in [-0.2, 0) is 21.0 Å². The first kappa shape index (κ1) is 31.0. The number of rotatable bonds is 14. The molecule has 11 nitrogen and oxygen atoms in total. The van der Waals surface area contributed by atoms with Crippen molar-refractivity contribution in [2.75, 3.05) is 64.0 Å². The minimum absolute atomic E-state index is 0.0815. The monoisotopic (exact) mass is 573 g/mol. The number of carbonyl (C=O) groups excluding carboxylic acids is 1. The summed E-state index contributed by atoms with van der Waals surface area (Å²) in [5, 5.41) is 11.4. The highest BCUT2D eigenvalue weighted by Gasteiger charge is 2.30. The van der Waals surface area contributed by atoms with Gasteiger partial charge in [-0.1, -0.05) is 56.0 Å². The molecule has 1 aromatic heterocycles. The molecule has 12 heteroatoms. The molecule has 2 heterocycles. The van der Waals surface area contributed by atoms with E-state index >= 15 is 4.39 Å². The molecule has 1 saturated carbocycles. The van der Waals surface area contributed by atoms with E-state index in [1.54, 1.807) is 14.0 Å². The number of hydrogen-bond donors (Lipinski definition) is 3. The molecule has 2 aromatic rings. The number of carbonyl (C=O) groups is 1. The topological polar surface area (TPSA) is 115 Å². The van der Waals surface area contributed by atoms with Crippen molar-refractivity contribution >= 4 is 17.5 Å². The Bertz CT molecular complexity index is 1110. The smallest absolute Gasteiger partial charge is 0.242 e. The van der Waals surface area contributed by atoms with E-state index in [0.29, 0.717) is 37.9 Å². The third-order valence-corrected chi connectivity index (χ3v) is 7.99. The molecule has 0 spiro atoms. The van der Waals surface area contributed by atoms with Crippen LogP contribution >= 0.6 is 0 Å². The van der Waals surface area contributed by atoms with Crippen LogP contribution in [0, 0.1) is 24.6 Å². The second-order valence-electron chi connectivity index (χ2n) is 11.1. The standard InChI is InChI=1S/C29H44FN7O4/c1-21-31-27(26(30)28(32-21)36-14-13-35(2)25(17-36)19-40-3)33-34-29(39)24(15-22-9-7-8-10-22)16-37(20-38)41-18-23-11-5-4-6-12-23/h4-6,11-12,22,24-25,38H,7-10,13-20H2,1-3H3,(H,34,39)(H,31,32,33). The van der Waals surface area contributed by atoms with Gasteiger partial charge in [-0.05, 0) is 31.9 Å². The quantitative estimate of drug-likeness (QED) is 0.230. The summed E-state index contributed by atoms with van der Waals surface area (Å²) >= 11 is 0. The van der Waals surface area contributed by atoms with Crippen LogP contribution in [-0.4, -0.2) is 90.7 Å². The number of hydrazine groups is 1. The fourth-order valence-electron chi connectivity index (χ4n) is 5.62. The maximum atomic E-state index is 15.7. The Balaban J connectivity index is 1.42. The van der Waals surface area contributed by atoms with Gasteiger partial charge in [-0.25, -0.2) is 9.97 Å². The summed E-state index contributed by atoms with van der Waals surface area (Å²) in [5.74, 6) is -0.478. The highest BCUT2D eigenvalue weighted by molar-refractivity contribution is 5.80. The molecule has 2 unspecified atom stereocenters. The van der Waals surface area contributed by atoms with E-state index in [9.17, 15) is 9.90 Å². The van der Waals surface area contributed by atoms with Crippen LogP contribution in [0.25, 0.3) is 0 Å². The summed E-state index contributed by atoms with van der Waals surface area (Å²) < 4.78 is 21.0. The number of hydrogen-bond acceptors (Lipinski definition) is 10. The fourth-order valence-corrected chi connectivity index (χ4v) is 5.62. The number of amides is 1. The zero-order valence-electron chi connectivity index (χ0n) is 24.4. The predicted octanol–water partition coefficient (Wildman–Crippen LogP) is 2.71. The van der Waals surface area contributed by atoms with Gasteiger partial charge >= 0.3 is 0 Å². The van der Waals surface area contributed by atoms with Crippen LogP contribution in [0.5, 0.6) is 0 Å². The molecule has 2 atom stereocenters. The summed E-state index contributed by atoms with van der Waals surface area (Å²) in [7, 11) is 3.68. The Kier molecular flexibility index (Phi) is 11.6. The number of aryl methyl sites for hydroxylation is 1. The minimum atomic E-state index is -0.618. The average Bonchev–Trinajstić information content (AvgIpc) is 3.50. The number of piperazine rings is 1. The van der Waals surface area contributed by atoms with Crippen LogP contribution in [0.1, 0.15) is 43.5 Å². The number of halogens is 1. The average molecular weight is 574 g/mol. The van der Waals surface area contributed by atoms with Gasteiger partial charge in [-0.2, -0.15) is 9.45 Å². The summed E-state index contributed by atoms with van der Waals surface area (Å²) in [6, 6.07) is 9.75. The molecule has 1 saturated heterocycles. The lowest BCUT2D eigenvalue weighted by Crippen LogP contribution is -2.53. The number of likely N-dealkylation sites (N-methyl/N-ethyl adjacent to an activating group) is 1. The normalized spacial score (nSPS) is 19.1. The Morgan fingerprint density at radius 2 is 1.98 bits per heavy atom. The van der Waals surface area contributed by atoms with Gasteiger partial charge in [0.25, 0.3) is 0 Å². The number of methoxy groups -OCH3 is 1. The minimum Gasteiger partial charge on any atom is -0.383 e. The number of ether oxygens (including phenoxy) is 1. The van der Waals surface area contributed by atoms with Gasteiger partial charge in [0.05, 0.1) is 25.2 Å². The lowest BCUT2D eigenvalue weighted by atomic mass is 9.92. The summed E-state index contributed by atoms with van der Waals surface area (Å²) in [6.45, 7) is 4.27. The van der Waals surface area contributed by atoms with Gasteiger partial charge in [0.15, 0.2) is 11.6 Å². The van der Waals surface area contributed by atoms with Gasteiger partial charge in [-0.15, -0.1) is 0 Å². The fraction of sp³-hybridized carbons (Fsp3) is 0.621. The third-order valence-electron chi connectivity index (χ3n) is 7.99. The maximum absolute atomic E-state index is 15.7. The second-order valence-corrected chi connectivity index (χ2v) is 11.1. The van der Waals surface area contributed by atoms with Crippen molar-refractivity contribution in [2.45, 2.75) is 51.7 Å². The van der Waals surface area contributed by atoms with Crippen molar-refractivity contribution in [3.63, 3.8) is 0 Å². The van der Waals surface area contributed by atoms with Crippen LogP contribution in [0.3, 0.4) is 0 Å². The van der Waals surface area contributed by atoms with E-state index in [0.717, 1.165) is 37.8 Å². The summed E-state index contributed by atoms with van der Waals surface area (Å²) in [6.07, 6.45) is 5.09. The van der Waals surface area contributed by atoms with E-state index in [1.165, 1.54) is 5.06 Å². The number of hydroxylamine groups is 2. The first-order chi connectivity index (χ1) is 19.9. The number of aliphatic hydroxyl groups excluding tert-OH is 1. The molecular formula is C29H44FN7O4. The molecular weight excluding hydrogens is 529 g/mol. The van der Waals surface area contributed by atoms with Gasteiger partial charge in [0.2, 0.25) is 11.7 Å². The molecule has 0 radical (unpaired) electrons. The SMILES string of the molecule is COCC1CN(c2nc(C)nc(NNC(=O)C(CC3CCCC3)CN(CO)OCc3ccccc3)c2F)CCN1C. The molecule has 2 aliphatic rings. The van der Waals surface area contributed by atoms with Gasteiger partial charge in [0.1, 0.15) is 12.6 Å². The molecule has 1 amide bonds. The zero-order chi connectivity index (χ0) is 29.2. The van der Waals surface area contributed by atoms with Crippen LogP contribution < -0.4 is 15.8 Å². The molecule has 4 rings (SSSR count). The Morgan fingerprint density at radius 1 is 1.22 bits per heavy atom. The highest BCUT2D eigenvalue weighted by atomic mass is 19.1. The van der Waals surface area contributed by atoms with Gasteiger partial charge in [-0.3, -0.25) is 25.4 Å². The van der Waals surface area contributed by atoms with Crippen molar-refractivity contribution in [1.82, 2.24) is 25.4 Å². The first-order valence-electron chi connectivity index (χ1n) is 14.4. The maximum Gasteiger partial charge on any atom is 0.242 e. The number of aliphatic hydroxyl groups is 1. The Hall–Kier alpha value is -2.90. The van der Waals surface area contributed by atoms with Crippen molar-refractivity contribution < 1.29 is 23.9 Å². The van der Waals surface area contributed by atoms with Crippen molar-refractivity contribution in [3.8, 4) is 0 Å². The van der Waals surface area contributed by atoms with Crippen molar-refractivity contribution in [3.05, 3.63) is 47.5 Å². The number of anilines is 2. The summed E-state index contributed by atoms with van der Waals surface area (Å²) in [5.41, 5.74) is 6.37. The van der Waals surface area contributed by atoms with Crippen molar-refractivity contribution in [2.24, 2.45) is 11.8 Å². The Morgan fingerprint density at radius 3 is 2.68 bits per heavy atom. The molecule has 1 aromatic carbocycles. The van der Waals surface area contributed by atoms with Gasteiger partial charge < -0.3 is 14.7 Å². The van der Waals surface area contributed by atoms with E-state index in [-0.39, 0.29) is 43.5 Å². The first-order valence-corrected chi connectivity index (χ1v) is 14.4. The molecule has 2 fully saturated rings. The van der Waals surface area contributed by atoms with Crippen molar-refractivity contribution in [1.29, 1.82) is 0 Å². The molecule has 0 bridgehead atoms. The number of benzene rings is 1. The molecule has 1 aliphatic carbocycles. The van der Waals surface area contributed by atoms with Crippen LogP contribution in [0.2, 0.25) is 0 Å². The van der Waals surface area contributed by atoms with E-state index < -0.39 is 11.7 Å². The number of nitrogens with zero attached hydrogens (tertiary/aromatic N) is 5. The Labute approximate surface area is 242 Å². The van der Waals surface area contributed by atoms with E-state index in [4.69, 9.17) is 9.57 Å². The largest absolute Gasteiger partial charge is 0.383 e. The van der Waals surface area contributed by atoms with Crippen LogP contribution in [0.15, 0.2) is 30.3 Å². The lowest BCUT2D eigenvalue weighted by Gasteiger charge is -2.39. The van der Waals surface area contributed by atoms with E-state index in [1.807, 2.05) is 42.3 Å². The third kappa shape index (κ3) is 8.79.